The van der Waals surface area contributed by atoms with Crippen molar-refractivity contribution in [3.05, 3.63) is 88.7 Å². The fourth-order valence-electron chi connectivity index (χ4n) is 4.79. The molecule has 0 bridgehead atoms. The molecule has 1 N–H and O–H groups in total. The molecule has 0 saturated heterocycles. The first kappa shape index (κ1) is 23.1. The molecule has 1 aliphatic rings. The van der Waals surface area contributed by atoms with Gasteiger partial charge in [-0.15, -0.1) is 0 Å². The Morgan fingerprint density at radius 2 is 1.83 bits per heavy atom. The maximum absolute atomic E-state index is 13.6. The summed E-state index contributed by atoms with van der Waals surface area (Å²) in [7, 11) is -3.61. The van der Waals surface area contributed by atoms with Gasteiger partial charge >= 0.3 is 0 Å². The Kier molecular flexibility index (Phi) is 5.63. The minimum absolute atomic E-state index is 0.122. The molecule has 6 nitrogen and oxygen atoms in total. The molecule has 3 aromatic carbocycles. The number of rotatable bonds is 4. The van der Waals surface area contributed by atoms with Crippen molar-refractivity contribution in [2.75, 3.05) is 17.1 Å². The van der Waals surface area contributed by atoms with Crippen LogP contribution < -0.4 is 9.62 Å². The molecule has 0 radical (unpaired) electrons. The van der Waals surface area contributed by atoms with E-state index in [2.05, 4.69) is 5.32 Å². The monoisotopic (exact) mass is 492 g/mol. The highest BCUT2D eigenvalue weighted by Crippen LogP contribution is 2.44. The molecule has 1 aliphatic heterocycles. The Morgan fingerprint density at radius 3 is 2.51 bits per heavy atom. The summed E-state index contributed by atoms with van der Waals surface area (Å²) in [5.41, 5.74) is 4.53. The van der Waals surface area contributed by atoms with Crippen molar-refractivity contribution < 1.29 is 22.0 Å². The van der Waals surface area contributed by atoms with E-state index in [1.807, 2.05) is 44.2 Å². The van der Waals surface area contributed by atoms with Crippen LogP contribution in [-0.4, -0.2) is 27.1 Å². The van der Waals surface area contributed by atoms with Gasteiger partial charge in [0.15, 0.2) is 0 Å². The number of hydrogen-bond acceptors (Lipinski definition) is 4. The van der Waals surface area contributed by atoms with Gasteiger partial charge in [-0.3, -0.25) is 9.10 Å². The molecule has 1 atom stereocenters. The molecular formula is C27H25FN2O4S. The molecule has 5 rings (SSSR count). The van der Waals surface area contributed by atoms with E-state index in [1.165, 1.54) is 22.7 Å². The van der Waals surface area contributed by atoms with Crippen LogP contribution >= 0.6 is 0 Å². The predicted octanol–water partition coefficient (Wildman–Crippen LogP) is 5.42. The Hall–Kier alpha value is -3.65. The summed E-state index contributed by atoms with van der Waals surface area (Å²) in [5.74, 6) is -0.520. The van der Waals surface area contributed by atoms with Crippen LogP contribution in [0.2, 0.25) is 0 Å². The fourth-order valence-corrected chi connectivity index (χ4v) is 5.68. The number of amides is 1. The van der Waals surface area contributed by atoms with Gasteiger partial charge in [-0.2, -0.15) is 0 Å². The summed E-state index contributed by atoms with van der Waals surface area (Å²) in [4.78, 5) is 13.2. The van der Waals surface area contributed by atoms with E-state index in [4.69, 9.17) is 4.42 Å². The molecule has 0 fully saturated rings. The average Bonchev–Trinajstić information content (AvgIpc) is 3.14. The van der Waals surface area contributed by atoms with Crippen LogP contribution in [0, 0.1) is 5.82 Å². The van der Waals surface area contributed by atoms with E-state index < -0.39 is 15.8 Å². The molecule has 4 aromatic rings. The normalized spacial score (nSPS) is 15.4. The molecule has 1 aromatic heterocycles. The van der Waals surface area contributed by atoms with E-state index in [0.717, 1.165) is 16.7 Å². The number of carbonyl (C=O) groups is 1. The second-order valence-corrected chi connectivity index (χ2v) is 10.7. The van der Waals surface area contributed by atoms with Crippen LogP contribution in [0.4, 0.5) is 10.1 Å². The van der Waals surface area contributed by atoms with Gasteiger partial charge in [-0.05, 0) is 53.9 Å². The fraction of sp³-hybridized carbons (Fsp3) is 0.222. The molecule has 180 valence electrons. The van der Waals surface area contributed by atoms with E-state index in [1.54, 1.807) is 18.2 Å². The van der Waals surface area contributed by atoms with Gasteiger partial charge in [-0.1, -0.05) is 31.2 Å². The number of furan rings is 1. The number of benzene rings is 3. The number of anilines is 1. The summed E-state index contributed by atoms with van der Waals surface area (Å²) in [6.45, 7) is 4.48. The molecule has 0 saturated carbocycles. The van der Waals surface area contributed by atoms with Crippen LogP contribution in [0.15, 0.2) is 65.1 Å². The zero-order valence-corrected chi connectivity index (χ0v) is 20.4. The smallest absolute Gasteiger partial charge is 0.255 e. The van der Waals surface area contributed by atoms with Gasteiger partial charge in [0.05, 0.1) is 24.1 Å². The summed E-state index contributed by atoms with van der Waals surface area (Å²) < 4.78 is 46.9. The van der Waals surface area contributed by atoms with Crippen molar-refractivity contribution in [1.29, 1.82) is 0 Å². The maximum Gasteiger partial charge on any atom is 0.255 e. The van der Waals surface area contributed by atoms with Gasteiger partial charge in [0, 0.05) is 29.5 Å². The van der Waals surface area contributed by atoms with Crippen LogP contribution in [0.5, 0.6) is 0 Å². The summed E-state index contributed by atoms with van der Waals surface area (Å²) in [6.07, 6.45) is 1.19. The van der Waals surface area contributed by atoms with E-state index in [9.17, 15) is 17.6 Å². The van der Waals surface area contributed by atoms with Crippen molar-refractivity contribution >= 4 is 32.6 Å². The van der Waals surface area contributed by atoms with Crippen molar-refractivity contribution in [3.8, 4) is 11.3 Å². The molecule has 0 spiro atoms. The van der Waals surface area contributed by atoms with Gasteiger partial charge in [-0.25, -0.2) is 12.8 Å². The number of nitrogens with zero attached hydrogens (tertiary/aromatic N) is 1. The topological polar surface area (TPSA) is 79.6 Å². The van der Waals surface area contributed by atoms with Crippen LogP contribution in [0.1, 0.15) is 46.8 Å². The Morgan fingerprint density at radius 1 is 1.11 bits per heavy atom. The standard InChI is InChI=1S/C27H25FN2O4S/c1-4-29-27(31)25-22-13-21-16(2)20-8-6-5-7-18(20)15-30(35(3,32)33)23(21)14-24(22)34-26(25)17-9-11-19(28)12-10-17/h5-14,16H,4,15H2,1-3H3,(H,29,31). The minimum atomic E-state index is -3.61. The molecule has 0 aliphatic carbocycles. The van der Waals surface area contributed by atoms with Gasteiger partial charge < -0.3 is 9.73 Å². The Balaban J connectivity index is 1.83. The second-order valence-electron chi connectivity index (χ2n) is 8.77. The SMILES string of the molecule is CCNC(=O)c1c(-c2ccc(F)cc2)oc2cc3c(cc12)C(C)c1ccccc1CN3S(C)(=O)=O. The molecule has 35 heavy (non-hydrogen) atoms. The van der Waals surface area contributed by atoms with E-state index in [0.29, 0.717) is 40.1 Å². The highest BCUT2D eigenvalue weighted by molar-refractivity contribution is 7.92. The van der Waals surface area contributed by atoms with Crippen LogP contribution in [0.3, 0.4) is 0 Å². The quantitative estimate of drug-likeness (QED) is 0.413. The summed E-state index contributed by atoms with van der Waals surface area (Å²) in [5, 5.41) is 3.41. The number of fused-ring (bicyclic) bond motifs is 3. The first-order valence-corrected chi connectivity index (χ1v) is 13.2. The van der Waals surface area contributed by atoms with E-state index >= 15 is 0 Å². The lowest BCUT2D eigenvalue weighted by molar-refractivity contribution is 0.0957. The summed E-state index contributed by atoms with van der Waals surface area (Å²) >= 11 is 0. The third-order valence-corrected chi connectivity index (χ3v) is 7.61. The third-order valence-electron chi connectivity index (χ3n) is 6.48. The lowest BCUT2D eigenvalue weighted by atomic mass is 9.89. The zero-order valence-electron chi connectivity index (χ0n) is 19.6. The van der Waals surface area contributed by atoms with Gasteiger partial charge in [0.1, 0.15) is 17.2 Å². The Labute approximate surface area is 203 Å². The molecular weight excluding hydrogens is 467 g/mol. The van der Waals surface area contributed by atoms with Crippen LogP contribution in [-0.2, 0) is 16.6 Å². The number of halogens is 1. The Bertz CT molecular complexity index is 1560. The highest BCUT2D eigenvalue weighted by atomic mass is 32.2. The van der Waals surface area contributed by atoms with Crippen molar-refractivity contribution in [2.24, 2.45) is 0 Å². The zero-order chi connectivity index (χ0) is 24.9. The van der Waals surface area contributed by atoms with Gasteiger partial charge in [0.25, 0.3) is 5.91 Å². The first-order chi connectivity index (χ1) is 16.7. The molecule has 1 amide bonds. The highest BCUT2D eigenvalue weighted by Gasteiger charge is 2.32. The number of carbonyl (C=O) groups excluding carboxylic acids is 1. The van der Waals surface area contributed by atoms with Crippen molar-refractivity contribution in [3.63, 3.8) is 0 Å². The van der Waals surface area contributed by atoms with Crippen molar-refractivity contribution in [1.82, 2.24) is 5.32 Å². The van der Waals surface area contributed by atoms with Crippen LogP contribution in [0.25, 0.3) is 22.3 Å². The number of nitrogens with one attached hydrogen (secondary N) is 1. The molecule has 8 heteroatoms. The molecule has 2 heterocycles. The third kappa shape index (κ3) is 3.97. The summed E-state index contributed by atoms with van der Waals surface area (Å²) in [6, 6.07) is 17.1. The predicted molar refractivity (Wildman–Crippen MR) is 135 cm³/mol. The number of sulfonamides is 1. The lowest BCUT2D eigenvalue weighted by Gasteiger charge is -2.23. The van der Waals surface area contributed by atoms with E-state index in [-0.39, 0.29) is 18.4 Å². The number of hydrogen-bond donors (Lipinski definition) is 1. The maximum atomic E-state index is 13.6. The molecule has 1 unspecified atom stereocenters. The minimum Gasteiger partial charge on any atom is -0.455 e. The second kappa shape index (κ2) is 8.53. The van der Waals surface area contributed by atoms with Gasteiger partial charge in [0.2, 0.25) is 10.0 Å². The lowest BCUT2D eigenvalue weighted by Crippen LogP contribution is -2.29. The first-order valence-electron chi connectivity index (χ1n) is 11.4. The van der Waals surface area contributed by atoms with Crippen molar-refractivity contribution in [2.45, 2.75) is 26.3 Å². The largest absolute Gasteiger partial charge is 0.455 e. The average molecular weight is 493 g/mol.